The first kappa shape index (κ1) is 18.2. The van der Waals surface area contributed by atoms with Gasteiger partial charge in [0.05, 0.1) is 12.1 Å². The molecule has 0 aliphatic heterocycles. The molecule has 3 aromatic rings. The summed E-state index contributed by atoms with van der Waals surface area (Å²) in [5, 5.41) is 8.60. The number of benzene rings is 2. The van der Waals surface area contributed by atoms with E-state index in [4.69, 9.17) is 4.74 Å². The summed E-state index contributed by atoms with van der Waals surface area (Å²) in [4.78, 5) is 0. The van der Waals surface area contributed by atoms with E-state index in [0.29, 0.717) is 12.5 Å². The van der Waals surface area contributed by atoms with E-state index in [-0.39, 0.29) is 0 Å². The predicted molar refractivity (Wildman–Crippen MR) is 107 cm³/mol. The van der Waals surface area contributed by atoms with Gasteiger partial charge in [-0.15, -0.1) is 5.10 Å². The van der Waals surface area contributed by atoms with Gasteiger partial charge in [-0.1, -0.05) is 73.9 Å². The Kier molecular flexibility index (Phi) is 6.42. The van der Waals surface area contributed by atoms with Crippen LogP contribution in [0.2, 0.25) is 0 Å². The Bertz CT molecular complexity index is 839. The van der Waals surface area contributed by atoms with Gasteiger partial charge in [-0.05, 0) is 37.1 Å². The van der Waals surface area contributed by atoms with Crippen molar-refractivity contribution in [2.45, 2.75) is 45.4 Å². The summed E-state index contributed by atoms with van der Waals surface area (Å²) in [6.45, 7) is 4.83. The Balaban J connectivity index is 1.98. The molecule has 0 aliphatic rings. The molecule has 0 saturated heterocycles. The van der Waals surface area contributed by atoms with Crippen molar-refractivity contribution < 1.29 is 4.74 Å². The van der Waals surface area contributed by atoms with Crippen molar-refractivity contribution in [2.24, 2.45) is 0 Å². The van der Waals surface area contributed by atoms with Crippen molar-refractivity contribution in [3.05, 3.63) is 66.2 Å². The SMILES string of the molecule is CCCCCC(/C=C(/OCC)n1nnc2ccccc21)c1ccccc1. The molecule has 0 amide bonds. The standard InChI is InChI=1S/C22H27N3O/c1-3-5-7-14-19(18-12-8-6-9-13-18)17-22(26-4-2)25-21-16-11-10-15-20(21)23-24-25/h6,8-13,15-17,19H,3-5,7,14H2,1-2H3/b22-17+. The van der Waals surface area contributed by atoms with E-state index in [1.54, 1.807) is 0 Å². The minimum atomic E-state index is 0.298. The van der Waals surface area contributed by atoms with Crippen LogP contribution in [0.25, 0.3) is 16.9 Å². The third-order valence-electron chi connectivity index (χ3n) is 4.54. The lowest BCUT2D eigenvalue weighted by molar-refractivity contribution is 0.271. The van der Waals surface area contributed by atoms with Crippen molar-refractivity contribution in [3.8, 4) is 0 Å². The van der Waals surface area contributed by atoms with Crippen LogP contribution in [0.15, 0.2) is 60.7 Å². The Labute approximate surface area is 155 Å². The van der Waals surface area contributed by atoms with Crippen LogP contribution in [0.3, 0.4) is 0 Å². The Morgan fingerprint density at radius 2 is 1.81 bits per heavy atom. The smallest absolute Gasteiger partial charge is 0.212 e. The zero-order valence-electron chi connectivity index (χ0n) is 15.6. The molecule has 3 rings (SSSR count). The van der Waals surface area contributed by atoms with Gasteiger partial charge >= 0.3 is 0 Å². The molecule has 0 N–H and O–H groups in total. The van der Waals surface area contributed by atoms with Gasteiger partial charge in [-0.25, -0.2) is 0 Å². The van der Waals surface area contributed by atoms with Crippen LogP contribution in [0.4, 0.5) is 0 Å². The molecule has 1 heterocycles. The number of hydrogen-bond acceptors (Lipinski definition) is 3. The summed E-state index contributed by atoms with van der Waals surface area (Å²) < 4.78 is 7.79. The minimum absolute atomic E-state index is 0.298. The predicted octanol–water partition coefficient (Wildman–Crippen LogP) is 5.63. The van der Waals surface area contributed by atoms with Crippen LogP contribution < -0.4 is 0 Å². The highest BCUT2D eigenvalue weighted by molar-refractivity contribution is 5.76. The third-order valence-corrected chi connectivity index (χ3v) is 4.54. The van der Waals surface area contributed by atoms with Crippen molar-refractivity contribution in [2.75, 3.05) is 6.61 Å². The van der Waals surface area contributed by atoms with Crippen LogP contribution in [0, 0.1) is 0 Å². The summed E-state index contributed by atoms with van der Waals surface area (Å²) in [7, 11) is 0. The first-order valence-electron chi connectivity index (χ1n) is 9.53. The second kappa shape index (κ2) is 9.18. The molecule has 0 saturated carbocycles. The number of fused-ring (bicyclic) bond motifs is 1. The highest BCUT2D eigenvalue weighted by Crippen LogP contribution is 2.27. The van der Waals surface area contributed by atoms with Crippen LogP contribution in [0.1, 0.15) is 51.0 Å². The zero-order valence-corrected chi connectivity index (χ0v) is 15.6. The first-order chi connectivity index (χ1) is 12.8. The van der Waals surface area contributed by atoms with Crippen LogP contribution in [-0.2, 0) is 4.74 Å². The minimum Gasteiger partial charge on any atom is -0.478 e. The van der Waals surface area contributed by atoms with Crippen molar-refractivity contribution >= 4 is 16.9 Å². The summed E-state index contributed by atoms with van der Waals surface area (Å²) in [5.41, 5.74) is 3.15. The van der Waals surface area contributed by atoms with Gasteiger partial charge in [-0.3, -0.25) is 0 Å². The fourth-order valence-electron chi connectivity index (χ4n) is 3.19. The van der Waals surface area contributed by atoms with E-state index in [2.05, 4.69) is 53.6 Å². The molecule has 0 aliphatic carbocycles. The fourth-order valence-corrected chi connectivity index (χ4v) is 3.19. The molecule has 26 heavy (non-hydrogen) atoms. The van der Waals surface area contributed by atoms with Gasteiger partial charge in [0, 0.05) is 5.92 Å². The van der Waals surface area contributed by atoms with Crippen molar-refractivity contribution in [3.63, 3.8) is 0 Å². The topological polar surface area (TPSA) is 39.9 Å². The number of hydrogen-bond donors (Lipinski definition) is 0. The molecule has 0 bridgehead atoms. The lowest BCUT2D eigenvalue weighted by Gasteiger charge is -2.16. The van der Waals surface area contributed by atoms with E-state index in [0.717, 1.165) is 23.3 Å². The maximum atomic E-state index is 5.97. The number of rotatable bonds is 9. The highest BCUT2D eigenvalue weighted by Gasteiger charge is 2.15. The number of unbranched alkanes of at least 4 members (excludes halogenated alkanes) is 2. The van der Waals surface area contributed by atoms with Gasteiger partial charge in [0.1, 0.15) is 5.52 Å². The monoisotopic (exact) mass is 349 g/mol. The van der Waals surface area contributed by atoms with Crippen molar-refractivity contribution in [1.82, 2.24) is 15.0 Å². The van der Waals surface area contributed by atoms with E-state index in [9.17, 15) is 0 Å². The van der Waals surface area contributed by atoms with Gasteiger partial charge in [0.15, 0.2) is 0 Å². The molecule has 1 atom stereocenters. The van der Waals surface area contributed by atoms with Crippen LogP contribution in [0.5, 0.6) is 0 Å². The van der Waals surface area contributed by atoms with E-state index < -0.39 is 0 Å². The average molecular weight is 349 g/mol. The van der Waals surface area contributed by atoms with Gasteiger partial charge in [0.2, 0.25) is 5.88 Å². The second-order valence-electron chi connectivity index (χ2n) is 6.44. The fraction of sp³-hybridized carbons (Fsp3) is 0.364. The highest BCUT2D eigenvalue weighted by atomic mass is 16.5. The molecule has 2 aromatic carbocycles. The molecular formula is C22H27N3O. The first-order valence-corrected chi connectivity index (χ1v) is 9.53. The van der Waals surface area contributed by atoms with E-state index in [1.807, 2.05) is 35.9 Å². The zero-order chi connectivity index (χ0) is 18.2. The van der Waals surface area contributed by atoms with Gasteiger partial charge in [-0.2, -0.15) is 4.68 Å². The molecule has 1 aromatic heterocycles. The maximum Gasteiger partial charge on any atom is 0.212 e. The summed E-state index contributed by atoms with van der Waals surface area (Å²) in [6.07, 6.45) is 6.96. The average Bonchev–Trinajstić information content (AvgIpc) is 3.11. The molecule has 0 radical (unpaired) electrons. The summed E-state index contributed by atoms with van der Waals surface area (Å²) in [5.74, 6) is 1.05. The molecule has 1 unspecified atom stereocenters. The quantitative estimate of drug-likeness (QED) is 0.371. The van der Waals surface area contributed by atoms with Gasteiger partial charge in [0.25, 0.3) is 0 Å². The van der Waals surface area contributed by atoms with E-state index >= 15 is 0 Å². The van der Waals surface area contributed by atoms with Gasteiger partial charge < -0.3 is 4.74 Å². The molecular weight excluding hydrogens is 322 g/mol. The lowest BCUT2D eigenvalue weighted by atomic mass is 9.93. The molecule has 0 spiro atoms. The number of para-hydroxylation sites is 1. The Hall–Kier alpha value is -2.62. The van der Waals surface area contributed by atoms with Crippen LogP contribution in [-0.4, -0.2) is 21.6 Å². The largest absolute Gasteiger partial charge is 0.478 e. The number of ether oxygens (including phenoxy) is 1. The van der Waals surface area contributed by atoms with Crippen LogP contribution >= 0.6 is 0 Å². The number of nitrogens with zero attached hydrogens (tertiary/aromatic N) is 3. The third kappa shape index (κ3) is 4.31. The van der Waals surface area contributed by atoms with Crippen molar-refractivity contribution in [1.29, 1.82) is 0 Å². The Morgan fingerprint density at radius 1 is 1.04 bits per heavy atom. The summed E-state index contributed by atoms with van der Waals surface area (Å²) in [6, 6.07) is 18.6. The number of allylic oxidation sites excluding steroid dienone is 1. The second-order valence-corrected chi connectivity index (χ2v) is 6.44. The van der Waals surface area contributed by atoms with E-state index in [1.165, 1.54) is 24.8 Å². The molecule has 136 valence electrons. The molecule has 4 nitrogen and oxygen atoms in total. The molecule has 0 fully saturated rings. The lowest BCUT2D eigenvalue weighted by Crippen LogP contribution is -2.07. The Morgan fingerprint density at radius 3 is 2.58 bits per heavy atom. The maximum absolute atomic E-state index is 5.97. The summed E-state index contributed by atoms with van der Waals surface area (Å²) >= 11 is 0. The molecule has 4 heteroatoms. The normalized spacial score (nSPS) is 13.1. The number of aromatic nitrogens is 3.